The minimum absolute atomic E-state index is 0.202. The average Bonchev–Trinajstić information content (AvgIpc) is 2.13. The van der Waals surface area contributed by atoms with Crippen molar-refractivity contribution in [1.82, 2.24) is 5.32 Å². The van der Waals surface area contributed by atoms with E-state index in [0.717, 1.165) is 0 Å². The Hall–Kier alpha value is -0.330. The zero-order chi connectivity index (χ0) is 14.7. The minimum Gasteiger partial charge on any atom is -0.320 e. The van der Waals surface area contributed by atoms with E-state index in [1.54, 1.807) is 6.92 Å². The summed E-state index contributed by atoms with van der Waals surface area (Å²) in [5.41, 5.74) is 10.9. The predicted octanol–water partition coefficient (Wildman–Crippen LogP) is 2.21. The number of rotatable bonds is 5. The van der Waals surface area contributed by atoms with Crippen molar-refractivity contribution < 1.29 is 13.2 Å². The molecule has 3 nitrogen and oxygen atoms in total. The fourth-order valence-corrected chi connectivity index (χ4v) is 2.02. The van der Waals surface area contributed by atoms with Crippen molar-refractivity contribution >= 4 is 0 Å². The zero-order valence-electron chi connectivity index (χ0n) is 11.8. The van der Waals surface area contributed by atoms with Gasteiger partial charge in [0, 0.05) is 11.5 Å². The molecule has 0 amide bonds. The van der Waals surface area contributed by atoms with Gasteiger partial charge in [0.15, 0.2) is 0 Å². The molecule has 0 saturated heterocycles. The van der Waals surface area contributed by atoms with Crippen molar-refractivity contribution in [1.29, 1.82) is 0 Å². The second-order valence-electron chi connectivity index (χ2n) is 5.95. The van der Waals surface area contributed by atoms with E-state index in [1.807, 2.05) is 27.7 Å². The normalized spacial score (nSPS) is 20.3. The van der Waals surface area contributed by atoms with Crippen molar-refractivity contribution in [3.8, 4) is 0 Å². The van der Waals surface area contributed by atoms with Crippen molar-refractivity contribution in [2.24, 2.45) is 23.3 Å². The molecule has 6 heteroatoms. The fraction of sp³-hybridized carbons (Fsp3) is 1.00. The zero-order valence-corrected chi connectivity index (χ0v) is 11.8. The molecule has 0 aliphatic carbocycles. The molecular formula is C12H26F3N3. The molecule has 0 aliphatic heterocycles. The van der Waals surface area contributed by atoms with E-state index in [0.29, 0.717) is 6.42 Å². The summed E-state index contributed by atoms with van der Waals surface area (Å²) in [6, 6.07) is -1.91. The van der Waals surface area contributed by atoms with Crippen LogP contribution >= 0.6 is 0 Å². The molecule has 0 spiro atoms. The van der Waals surface area contributed by atoms with E-state index in [2.05, 4.69) is 5.32 Å². The molecule has 0 radical (unpaired) electrons. The molecule has 0 saturated carbocycles. The monoisotopic (exact) mass is 269 g/mol. The van der Waals surface area contributed by atoms with Gasteiger partial charge in [-0.2, -0.15) is 13.2 Å². The van der Waals surface area contributed by atoms with Gasteiger partial charge < -0.3 is 11.5 Å². The van der Waals surface area contributed by atoms with E-state index in [1.165, 1.54) is 0 Å². The number of nitrogens with one attached hydrogen (secondary N) is 1. The summed E-state index contributed by atoms with van der Waals surface area (Å²) in [6.45, 7) is 9.17. The van der Waals surface area contributed by atoms with Crippen LogP contribution in [0.5, 0.6) is 0 Å². The molecular weight excluding hydrogens is 243 g/mol. The lowest BCUT2D eigenvalue weighted by atomic mass is 9.82. The number of hydrogen-bond donors (Lipinski definition) is 3. The van der Waals surface area contributed by atoms with Crippen molar-refractivity contribution in [3.63, 3.8) is 0 Å². The maximum absolute atomic E-state index is 12.8. The summed E-state index contributed by atoms with van der Waals surface area (Å²) in [5, 5.41) is 2.99. The molecule has 0 aromatic rings. The average molecular weight is 269 g/mol. The van der Waals surface area contributed by atoms with Gasteiger partial charge in [0.05, 0.1) is 6.17 Å². The van der Waals surface area contributed by atoms with E-state index in [4.69, 9.17) is 11.5 Å². The summed E-state index contributed by atoms with van der Waals surface area (Å²) < 4.78 is 38.3. The third kappa shape index (κ3) is 5.54. The lowest BCUT2D eigenvalue weighted by Gasteiger charge is -2.38. The van der Waals surface area contributed by atoms with Crippen LogP contribution in [0.2, 0.25) is 0 Å². The molecule has 0 heterocycles. The van der Waals surface area contributed by atoms with Crippen molar-refractivity contribution in [3.05, 3.63) is 0 Å². The van der Waals surface area contributed by atoms with Gasteiger partial charge in [-0.3, -0.25) is 5.32 Å². The van der Waals surface area contributed by atoms with E-state index in [9.17, 15) is 13.2 Å². The van der Waals surface area contributed by atoms with Crippen LogP contribution in [0.3, 0.4) is 0 Å². The first-order valence-electron chi connectivity index (χ1n) is 6.25. The van der Waals surface area contributed by atoms with Gasteiger partial charge in [0.1, 0.15) is 6.04 Å². The summed E-state index contributed by atoms with van der Waals surface area (Å²) in [6.07, 6.45) is -4.60. The van der Waals surface area contributed by atoms with E-state index >= 15 is 0 Å². The highest BCUT2D eigenvalue weighted by Gasteiger charge is 2.46. The number of alkyl halides is 3. The van der Waals surface area contributed by atoms with Crippen LogP contribution < -0.4 is 16.8 Å². The molecule has 18 heavy (non-hydrogen) atoms. The lowest BCUT2D eigenvalue weighted by molar-refractivity contribution is -0.166. The fourth-order valence-electron chi connectivity index (χ4n) is 2.02. The van der Waals surface area contributed by atoms with Gasteiger partial charge >= 0.3 is 6.18 Å². The largest absolute Gasteiger partial charge is 0.404 e. The Morgan fingerprint density at radius 3 is 1.83 bits per heavy atom. The van der Waals surface area contributed by atoms with E-state index in [-0.39, 0.29) is 11.5 Å². The highest BCUT2D eigenvalue weighted by Crippen LogP contribution is 2.31. The molecule has 0 rings (SSSR count). The molecule has 0 aromatic heterocycles. The summed E-state index contributed by atoms with van der Waals surface area (Å²) in [5.74, 6) is -1.04. The smallest absolute Gasteiger partial charge is 0.320 e. The maximum atomic E-state index is 12.8. The number of hydrogen-bond acceptors (Lipinski definition) is 3. The molecule has 0 bridgehead atoms. The Labute approximate surface area is 107 Å². The van der Waals surface area contributed by atoms with Crippen LogP contribution in [0, 0.1) is 11.8 Å². The molecule has 5 N–H and O–H groups in total. The Kier molecular flexibility index (Phi) is 6.10. The first kappa shape index (κ1) is 17.7. The molecule has 0 fully saturated rings. The first-order valence-corrected chi connectivity index (χ1v) is 6.25. The van der Waals surface area contributed by atoms with Gasteiger partial charge in [-0.05, 0) is 26.7 Å². The highest BCUT2D eigenvalue weighted by atomic mass is 19.4. The highest BCUT2D eigenvalue weighted by molar-refractivity contribution is 4.90. The van der Waals surface area contributed by atoms with Crippen LogP contribution in [0.1, 0.15) is 41.0 Å². The minimum atomic E-state index is -4.43. The maximum Gasteiger partial charge on any atom is 0.404 e. The number of halogens is 3. The third-order valence-corrected chi connectivity index (χ3v) is 3.11. The predicted molar refractivity (Wildman–Crippen MR) is 67.8 cm³/mol. The van der Waals surface area contributed by atoms with Gasteiger partial charge in [-0.25, -0.2) is 0 Å². The lowest BCUT2D eigenvalue weighted by Crippen LogP contribution is -2.61. The van der Waals surface area contributed by atoms with Crippen LogP contribution in [0.15, 0.2) is 0 Å². The molecule has 0 aliphatic rings. The van der Waals surface area contributed by atoms with Crippen molar-refractivity contribution in [2.45, 2.75) is 65.0 Å². The topological polar surface area (TPSA) is 64.1 Å². The standard InChI is InChI=1S/C12H26F3N3/c1-6-7(2)8(9(16)12(13,14)15)10(17)18-11(3,4)5/h7-10,18H,6,16-17H2,1-5H3. The molecule has 4 unspecified atom stereocenters. The van der Waals surface area contributed by atoms with Gasteiger partial charge in [-0.1, -0.05) is 20.3 Å². The molecule has 0 aromatic carbocycles. The SMILES string of the molecule is CCC(C)C(C(N)NC(C)(C)C)C(N)C(F)(F)F. The second kappa shape index (κ2) is 6.21. The van der Waals surface area contributed by atoms with Crippen LogP contribution in [0.25, 0.3) is 0 Å². The van der Waals surface area contributed by atoms with Gasteiger partial charge in [-0.15, -0.1) is 0 Å². The van der Waals surface area contributed by atoms with E-state index < -0.39 is 24.3 Å². The Balaban J connectivity index is 5.01. The van der Waals surface area contributed by atoms with Crippen LogP contribution in [0.4, 0.5) is 13.2 Å². The quantitative estimate of drug-likeness (QED) is 0.670. The molecule has 110 valence electrons. The summed E-state index contributed by atoms with van der Waals surface area (Å²) in [7, 11) is 0. The summed E-state index contributed by atoms with van der Waals surface area (Å²) >= 11 is 0. The Morgan fingerprint density at radius 1 is 1.11 bits per heavy atom. The third-order valence-electron chi connectivity index (χ3n) is 3.11. The van der Waals surface area contributed by atoms with Crippen LogP contribution in [-0.4, -0.2) is 23.9 Å². The second-order valence-corrected chi connectivity index (χ2v) is 5.95. The first-order chi connectivity index (χ1) is 7.90. The number of nitrogens with two attached hydrogens (primary N) is 2. The molecule has 4 atom stereocenters. The van der Waals surface area contributed by atoms with Gasteiger partial charge in [0.25, 0.3) is 0 Å². The van der Waals surface area contributed by atoms with Crippen LogP contribution in [-0.2, 0) is 0 Å². The Bertz CT molecular complexity index is 248. The van der Waals surface area contributed by atoms with Gasteiger partial charge in [0.2, 0.25) is 0 Å². The summed E-state index contributed by atoms with van der Waals surface area (Å²) in [4.78, 5) is 0. The van der Waals surface area contributed by atoms with Crippen molar-refractivity contribution in [2.75, 3.05) is 0 Å². The Morgan fingerprint density at radius 2 is 1.56 bits per heavy atom.